The Morgan fingerprint density at radius 2 is 1.94 bits per heavy atom. The molecule has 0 radical (unpaired) electrons. The molecule has 160 valence electrons. The Hall–Kier alpha value is -3.00. The van der Waals surface area contributed by atoms with Gasteiger partial charge in [0.05, 0.1) is 16.5 Å². The summed E-state index contributed by atoms with van der Waals surface area (Å²) in [5.41, 5.74) is 4.87. The minimum Gasteiger partial charge on any atom is -0.351 e. The highest BCUT2D eigenvalue weighted by Gasteiger charge is 2.35. The second-order valence-corrected chi connectivity index (χ2v) is 9.28. The highest BCUT2D eigenvalue weighted by molar-refractivity contribution is 7.80. The summed E-state index contributed by atoms with van der Waals surface area (Å²) in [6.07, 6.45) is 0. The third kappa shape index (κ3) is 3.83. The number of thiophene rings is 1. The van der Waals surface area contributed by atoms with E-state index in [-0.39, 0.29) is 6.04 Å². The van der Waals surface area contributed by atoms with Crippen LogP contribution in [0.15, 0.2) is 76.3 Å². The van der Waals surface area contributed by atoms with Crippen molar-refractivity contribution in [2.75, 3.05) is 4.90 Å². The molecule has 0 saturated carbocycles. The zero-order valence-corrected chi connectivity index (χ0v) is 19.8. The van der Waals surface area contributed by atoms with Gasteiger partial charge in [0.2, 0.25) is 5.82 Å². The van der Waals surface area contributed by atoms with E-state index >= 15 is 0 Å². The highest BCUT2D eigenvalue weighted by atomic mass is 35.5. The number of nitrogens with zero attached hydrogens (tertiary/aromatic N) is 3. The Morgan fingerprint density at radius 3 is 2.69 bits per heavy atom. The van der Waals surface area contributed by atoms with E-state index in [1.54, 1.807) is 11.3 Å². The number of hydrogen-bond acceptors (Lipinski definition) is 5. The number of hydrogen-bond donors (Lipinski definition) is 1. The molecule has 2 aromatic carbocycles. The smallest absolute Gasteiger partial charge is 0.258 e. The molecule has 0 bridgehead atoms. The molecule has 2 aromatic heterocycles. The number of aryl methyl sites for hydroxylation is 1. The first-order chi connectivity index (χ1) is 15.5. The third-order valence-corrected chi connectivity index (χ3v) is 6.73. The van der Waals surface area contributed by atoms with E-state index in [1.165, 1.54) is 0 Å². The van der Waals surface area contributed by atoms with Crippen molar-refractivity contribution < 1.29 is 4.52 Å². The normalized spacial score (nSPS) is 16.4. The second kappa shape index (κ2) is 8.50. The predicted molar refractivity (Wildman–Crippen MR) is 134 cm³/mol. The lowest BCUT2D eigenvalue weighted by Crippen LogP contribution is -2.46. The van der Waals surface area contributed by atoms with E-state index in [0.29, 0.717) is 21.9 Å². The maximum absolute atomic E-state index is 6.31. The molecule has 4 aromatic rings. The molecular weight excluding hydrogens is 460 g/mol. The fraction of sp³-hybridized carbons (Fsp3) is 0.125. The van der Waals surface area contributed by atoms with Gasteiger partial charge < -0.3 is 9.84 Å². The van der Waals surface area contributed by atoms with E-state index in [0.717, 1.165) is 33.0 Å². The lowest BCUT2D eigenvalue weighted by atomic mass is 9.94. The summed E-state index contributed by atoms with van der Waals surface area (Å²) >= 11 is 13.7. The van der Waals surface area contributed by atoms with Gasteiger partial charge >= 0.3 is 0 Å². The van der Waals surface area contributed by atoms with Gasteiger partial charge in [0.1, 0.15) is 0 Å². The molecule has 0 saturated heterocycles. The van der Waals surface area contributed by atoms with E-state index in [4.69, 9.17) is 33.3 Å². The highest BCUT2D eigenvalue weighted by Crippen LogP contribution is 2.40. The number of aromatic nitrogens is 2. The van der Waals surface area contributed by atoms with Crippen molar-refractivity contribution in [3.05, 3.63) is 93.8 Å². The standard InChI is InChI=1S/C24H19ClN4OS2/c1-14-6-3-9-18(12-14)29-15(2)20(23-27-22(28-30-23)19-10-5-11-32-19)21(26-24(29)31)16-7-4-8-17(25)13-16/h3-13,21H,1-2H3,(H,26,31). The second-order valence-electron chi connectivity index (χ2n) is 7.51. The van der Waals surface area contributed by atoms with Crippen LogP contribution in [0.5, 0.6) is 0 Å². The van der Waals surface area contributed by atoms with Crippen LogP contribution in [0.4, 0.5) is 5.69 Å². The molecule has 1 aliphatic heterocycles. The Kier molecular flexibility index (Phi) is 5.55. The summed E-state index contributed by atoms with van der Waals surface area (Å²) in [7, 11) is 0. The fourth-order valence-corrected chi connectivity index (χ4v) is 5.08. The van der Waals surface area contributed by atoms with Crippen LogP contribution in [0.3, 0.4) is 0 Å². The summed E-state index contributed by atoms with van der Waals surface area (Å²) < 4.78 is 5.77. The minimum absolute atomic E-state index is 0.279. The number of nitrogens with one attached hydrogen (secondary N) is 1. The molecular formula is C24H19ClN4OS2. The van der Waals surface area contributed by atoms with Crippen LogP contribution in [-0.4, -0.2) is 15.3 Å². The van der Waals surface area contributed by atoms with Gasteiger partial charge in [0, 0.05) is 16.4 Å². The Balaban J connectivity index is 1.68. The molecule has 3 heterocycles. The zero-order valence-electron chi connectivity index (χ0n) is 17.4. The molecule has 0 fully saturated rings. The van der Waals surface area contributed by atoms with Crippen molar-refractivity contribution in [1.82, 2.24) is 15.5 Å². The molecule has 8 heteroatoms. The van der Waals surface area contributed by atoms with Gasteiger partial charge in [0.15, 0.2) is 5.11 Å². The quantitative estimate of drug-likeness (QED) is 0.332. The molecule has 5 nitrogen and oxygen atoms in total. The summed E-state index contributed by atoms with van der Waals surface area (Å²) in [5.74, 6) is 1.01. The van der Waals surface area contributed by atoms with E-state index in [9.17, 15) is 0 Å². The van der Waals surface area contributed by atoms with Crippen molar-refractivity contribution in [3.8, 4) is 10.7 Å². The van der Waals surface area contributed by atoms with Crippen molar-refractivity contribution in [1.29, 1.82) is 0 Å². The lowest BCUT2D eigenvalue weighted by molar-refractivity contribution is 0.404. The first kappa shape index (κ1) is 20.9. The summed E-state index contributed by atoms with van der Waals surface area (Å²) in [5, 5.41) is 10.9. The molecule has 32 heavy (non-hydrogen) atoms. The Labute approximate surface area is 200 Å². The number of anilines is 1. The molecule has 1 N–H and O–H groups in total. The molecule has 1 atom stereocenters. The van der Waals surface area contributed by atoms with Gasteiger partial charge in [-0.3, -0.25) is 4.90 Å². The number of thiocarbonyl (C=S) groups is 1. The van der Waals surface area contributed by atoms with Crippen LogP contribution in [0.25, 0.3) is 16.3 Å². The topological polar surface area (TPSA) is 54.2 Å². The van der Waals surface area contributed by atoms with Crippen LogP contribution >= 0.6 is 35.2 Å². The fourth-order valence-electron chi connectivity index (χ4n) is 3.87. The van der Waals surface area contributed by atoms with Crippen LogP contribution in [0.2, 0.25) is 5.02 Å². The summed E-state index contributed by atoms with van der Waals surface area (Å²) in [6.45, 7) is 4.08. The average Bonchev–Trinajstić information content (AvgIpc) is 3.45. The van der Waals surface area contributed by atoms with Gasteiger partial charge in [-0.1, -0.05) is 47.1 Å². The van der Waals surface area contributed by atoms with Crippen molar-refractivity contribution in [3.63, 3.8) is 0 Å². The summed E-state index contributed by atoms with van der Waals surface area (Å²) in [4.78, 5) is 7.69. The van der Waals surface area contributed by atoms with E-state index in [1.807, 2.05) is 65.7 Å². The van der Waals surface area contributed by atoms with Crippen molar-refractivity contribution in [2.24, 2.45) is 0 Å². The molecule has 0 aliphatic carbocycles. The first-order valence-corrected chi connectivity index (χ1v) is 11.7. The predicted octanol–water partition coefficient (Wildman–Crippen LogP) is 6.63. The van der Waals surface area contributed by atoms with E-state index in [2.05, 4.69) is 29.5 Å². The van der Waals surface area contributed by atoms with Crippen molar-refractivity contribution >= 4 is 51.5 Å². The number of benzene rings is 2. The van der Waals surface area contributed by atoms with Gasteiger partial charge in [-0.25, -0.2) is 0 Å². The number of rotatable bonds is 4. The largest absolute Gasteiger partial charge is 0.351 e. The monoisotopic (exact) mass is 478 g/mol. The van der Waals surface area contributed by atoms with Gasteiger partial charge in [0.25, 0.3) is 5.89 Å². The summed E-state index contributed by atoms with van der Waals surface area (Å²) in [6, 6.07) is 19.6. The number of allylic oxidation sites excluding steroid dienone is 1. The molecule has 1 unspecified atom stereocenters. The van der Waals surface area contributed by atoms with Crippen LogP contribution in [-0.2, 0) is 0 Å². The minimum atomic E-state index is -0.279. The maximum atomic E-state index is 6.31. The first-order valence-electron chi connectivity index (χ1n) is 10.0. The van der Waals surface area contributed by atoms with Gasteiger partial charge in [-0.2, -0.15) is 4.98 Å². The molecule has 0 spiro atoms. The molecule has 5 rings (SSSR count). The Morgan fingerprint density at radius 1 is 1.09 bits per heavy atom. The zero-order chi connectivity index (χ0) is 22.2. The molecule has 1 aliphatic rings. The van der Waals surface area contributed by atoms with Crippen LogP contribution < -0.4 is 10.2 Å². The van der Waals surface area contributed by atoms with Crippen LogP contribution in [0, 0.1) is 6.92 Å². The Bertz CT molecular complexity index is 1330. The molecule has 0 amide bonds. The van der Waals surface area contributed by atoms with Gasteiger partial charge in [-0.15, -0.1) is 11.3 Å². The van der Waals surface area contributed by atoms with Crippen LogP contribution in [0.1, 0.15) is 30.0 Å². The number of halogens is 1. The van der Waals surface area contributed by atoms with Crippen molar-refractivity contribution in [2.45, 2.75) is 19.9 Å². The SMILES string of the molecule is CC1=C(c2nc(-c3cccs3)no2)C(c2cccc(Cl)c2)NC(=S)N1c1cccc(C)c1. The van der Waals surface area contributed by atoms with Gasteiger partial charge in [-0.05, 0) is 72.9 Å². The lowest BCUT2D eigenvalue weighted by Gasteiger charge is -2.37. The third-order valence-electron chi connectivity index (χ3n) is 5.32. The average molecular weight is 479 g/mol. The maximum Gasteiger partial charge on any atom is 0.258 e. The van der Waals surface area contributed by atoms with E-state index < -0.39 is 0 Å².